The summed E-state index contributed by atoms with van der Waals surface area (Å²) in [4.78, 5) is 0. The Kier molecular flexibility index (Phi) is 4.09. The van der Waals surface area contributed by atoms with Crippen molar-refractivity contribution in [2.24, 2.45) is 0 Å². The van der Waals surface area contributed by atoms with Crippen molar-refractivity contribution in [3.05, 3.63) is 43.2 Å². The van der Waals surface area contributed by atoms with Gasteiger partial charge in [-0.3, -0.25) is 0 Å². The minimum Gasteiger partial charge on any atom is -0.307 e. The number of hydrogen-bond acceptors (Lipinski definition) is 1. The third-order valence-electron chi connectivity index (χ3n) is 1.61. The maximum absolute atomic E-state index is 3.64. The Balaban J connectivity index is 2.20. The lowest BCUT2D eigenvalue weighted by atomic mass is 10.4. The molecular formula is C10H15N2+. The van der Waals surface area contributed by atoms with E-state index >= 15 is 0 Å². The predicted octanol–water partition coefficient (Wildman–Crippen LogP) is 0.750. The molecule has 0 bridgehead atoms. The molecular weight excluding hydrogens is 148 g/mol. The van der Waals surface area contributed by atoms with Crippen LogP contribution in [0.3, 0.4) is 0 Å². The third-order valence-corrected chi connectivity index (χ3v) is 1.61. The van der Waals surface area contributed by atoms with Gasteiger partial charge in [0.2, 0.25) is 0 Å². The number of pyridine rings is 1. The minimum atomic E-state index is 0.882. The van der Waals surface area contributed by atoms with E-state index in [1.165, 1.54) is 0 Å². The highest BCUT2D eigenvalue weighted by atomic mass is 15.0. The summed E-state index contributed by atoms with van der Waals surface area (Å²) in [6.07, 6.45) is 6.00. The molecule has 0 saturated heterocycles. The van der Waals surface area contributed by atoms with Gasteiger partial charge in [0.25, 0.3) is 0 Å². The van der Waals surface area contributed by atoms with Crippen LogP contribution < -0.4 is 9.88 Å². The van der Waals surface area contributed by atoms with Crippen molar-refractivity contribution in [2.75, 3.05) is 13.1 Å². The molecule has 0 aliphatic heterocycles. The third kappa shape index (κ3) is 3.30. The zero-order valence-electron chi connectivity index (χ0n) is 7.24. The molecule has 0 atom stereocenters. The van der Waals surface area contributed by atoms with Crippen LogP contribution in [0, 0.1) is 0 Å². The van der Waals surface area contributed by atoms with E-state index in [2.05, 4.69) is 28.9 Å². The number of nitrogens with zero attached hydrogens (tertiary/aromatic N) is 1. The fourth-order valence-electron chi connectivity index (χ4n) is 0.996. The Morgan fingerprint density at radius 3 is 2.67 bits per heavy atom. The second kappa shape index (κ2) is 5.49. The van der Waals surface area contributed by atoms with Crippen molar-refractivity contribution in [3.8, 4) is 0 Å². The van der Waals surface area contributed by atoms with Crippen molar-refractivity contribution in [2.45, 2.75) is 6.54 Å². The summed E-state index contributed by atoms with van der Waals surface area (Å²) in [5.74, 6) is 0. The Morgan fingerprint density at radius 1 is 1.25 bits per heavy atom. The molecule has 12 heavy (non-hydrogen) atoms. The van der Waals surface area contributed by atoms with Crippen LogP contribution in [0.5, 0.6) is 0 Å². The van der Waals surface area contributed by atoms with Gasteiger partial charge in [0, 0.05) is 18.7 Å². The molecule has 0 aliphatic carbocycles. The van der Waals surface area contributed by atoms with Gasteiger partial charge in [-0.15, -0.1) is 6.58 Å². The molecule has 1 heterocycles. The van der Waals surface area contributed by atoms with Gasteiger partial charge >= 0.3 is 0 Å². The molecule has 1 aromatic heterocycles. The molecule has 64 valence electrons. The molecule has 0 aromatic carbocycles. The first-order valence-corrected chi connectivity index (χ1v) is 4.19. The molecule has 0 spiro atoms. The Labute approximate surface area is 73.5 Å². The van der Waals surface area contributed by atoms with Crippen LogP contribution in [-0.4, -0.2) is 13.1 Å². The standard InChI is InChI=1S/C10H15N2/c1-2-6-11-7-10-12-8-4-3-5-9-12/h2-5,8-9,11H,1,6-7,10H2/q+1. The van der Waals surface area contributed by atoms with Crippen molar-refractivity contribution in [3.63, 3.8) is 0 Å². The largest absolute Gasteiger partial charge is 0.307 e. The van der Waals surface area contributed by atoms with E-state index in [1.807, 2.05) is 24.3 Å². The lowest BCUT2D eigenvalue weighted by Gasteiger charge is -1.97. The van der Waals surface area contributed by atoms with Gasteiger partial charge in [0.05, 0.1) is 6.54 Å². The number of rotatable bonds is 5. The monoisotopic (exact) mass is 163 g/mol. The lowest BCUT2D eigenvalue weighted by Crippen LogP contribution is -2.38. The quantitative estimate of drug-likeness (QED) is 0.385. The zero-order valence-corrected chi connectivity index (χ0v) is 7.24. The molecule has 0 amide bonds. The summed E-state index contributed by atoms with van der Waals surface area (Å²) in [7, 11) is 0. The molecule has 0 fully saturated rings. The van der Waals surface area contributed by atoms with Gasteiger partial charge in [0.15, 0.2) is 18.9 Å². The molecule has 1 rings (SSSR count). The van der Waals surface area contributed by atoms with Crippen LogP contribution in [0.15, 0.2) is 43.2 Å². The molecule has 0 aliphatic rings. The fourth-order valence-corrected chi connectivity index (χ4v) is 0.996. The van der Waals surface area contributed by atoms with E-state index in [0.717, 1.165) is 19.6 Å². The highest BCUT2D eigenvalue weighted by Crippen LogP contribution is 1.75. The van der Waals surface area contributed by atoms with Crippen molar-refractivity contribution in [1.82, 2.24) is 5.32 Å². The van der Waals surface area contributed by atoms with E-state index in [-0.39, 0.29) is 0 Å². The molecule has 1 N–H and O–H groups in total. The number of nitrogens with one attached hydrogen (secondary N) is 1. The number of aromatic nitrogens is 1. The maximum atomic E-state index is 3.64. The Hall–Kier alpha value is -1.15. The molecule has 1 aromatic rings. The van der Waals surface area contributed by atoms with Crippen LogP contribution >= 0.6 is 0 Å². The predicted molar refractivity (Wildman–Crippen MR) is 49.7 cm³/mol. The normalized spacial score (nSPS) is 9.67. The average molecular weight is 163 g/mol. The average Bonchev–Trinajstić information content (AvgIpc) is 2.14. The summed E-state index contributed by atoms with van der Waals surface area (Å²) in [5.41, 5.74) is 0. The van der Waals surface area contributed by atoms with Crippen molar-refractivity contribution >= 4 is 0 Å². The van der Waals surface area contributed by atoms with Gasteiger partial charge in [0.1, 0.15) is 0 Å². The summed E-state index contributed by atoms with van der Waals surface area (Å²) >= 11 is 0. The molecule has 0 saturated carbocycles. The van der Waals surface area contributed by atoms with Crippen molar-refractivity contribution in [1.29, 1.82) is 0 Å². The van der Waals surface area contributed by atoms with Gasteiger partial charge in [-0.05, 0) is 0 Å². The van der Waals surface area contributed by atoms with E-state index in [4.69, 9.17) is 0 Å². The smallest absolute Gasteiger partial charge is 0.168 e. The first kappa shape index (κ1) is 8.94. The summed E-state index contributed by atoms with van der Waals surface area (Å²) < 4.78 is 2.15. The van der Waals surface area contributed by atoms with Crippen LogP contribution in [0.25, 0.3) is 0 Å². The highest BCUT2D eigenvalue weighted by molar-refractivity contribution is 4.83. The van der Waals surface area contributed by atoms with Gasteiger partial charge in [-0.25, -0.2) is 4.57 Å². The zero-order chi connectivity index (χ0) is 8.65. The van der Waals surface area contributed by atoms with Crippen LogP contribution in [0.2, 0.25) is 0 Å². The second-order valence-corrected chi connectivity index (χ2v) is 2.61. The van der Waals surface area contributed by atoms with Gasteiger partial charge in [-0.2, -0.15) is 0 Å². The molecule has 2 heteroatoms. The highest BCUT2D eigenvalue weighted by Gasteiger charge is 1.94. The van der Waals surface area contributed by atoms with E-state index in [1.54, 1.807) is 0 Å². The van der Waals surface area contributed by atoms with E-state index in [9.17, 15) is 0 Å². The lowest BCUT2D eigenvalue weighted by molar-refractivity contribution is -0.695. The topological polar surface area (TPSA) is 15.9 Å². The van der Waals surface area contributed by atoms with Gasteiger partial charge < -0.3 is 5.32 Å². The fraction of sp³-hybridized carbons (Fsp3) is 0.300. The van der Waals surface area contributed by atoms with Crippen LogP contribution in [0.1, 0.15) is 0 Å². The van der Waals surface area contributed by atoms with Crippen LogP contribution in [-0.2, 0) is 6.54 Å². The second-order valence-electron chi connectivity index (χ2n) is 2.61. The van der Waals surface area contributed by atoms with E-state index in [0.29, 0.717) is 0 Å². The SMILES string of the molecule is C=CCNCC[n+]1ccccc1. The van der Waals surface area contributed by atoms with Crippen LogP contribution in [0.4, 0.5) is 0 Å². The first-order chi connectivity index (χ1) is 5.93. The first-order valence-electron chi connectivity index (χ1n) is 4.19. The molecule has 0 radical (unpaired) electrons. The maximum Gasteiger partial charge on any atom is 0.168 e. The van der Waals surface area contributed by atoms with Crippen molar-refractivity contribution < 1.29 is 4.57 Å². The van der Waals surface area contributed by atoms with Gasteiger partial charge in [-0.1, -0.05) is 12.1 Å². The minimum absolute atomic E-state index is 0.882. The Bertz CT molecular complexity index is 219. The van der Waals surface area contributed by atoms with E-state index < -0.39 is 0 Å². The molecule has 0 unspecified atom stereocenters. The summed E-state index contributed by atoms with van der Waals surface area (Å²) in [6, 6.07) is 6.09. The number of hydrogen-bond donors (Lipinski definition) is 1. The summed E-state index contributed by atoms with van der Waals surface area (Å²) in [5, 5.41) is 3.24. The summed E-state index contributed by atoms with van der Waals surface area (Å²) in [6.45, 7) is 6.51. The molecule has 2 nitrogen and oxygen atoms in total. The Morgan fingerprint density at radius 2 is 2.00 bits per heavy atom.